The molecule has 0 aliphatic rings. The quantitative estimate of drug-likeness (QED) is 0.559. The number of benzene rings is 1. The molecule has 1 atom stereocenters. The van der Waals surface area contributed by atoms with Crippen LogP contribution >= 0.6 is 23.4 Å². The van der Waals surface area contributed by atoms with Crippen LogP contribution < -0.4 is 5.32 Å². The van der Waals surface area contributed by atoms with E-state index in [0.717, 1.165) is 40.8 Å². The van der Waals surface area contributed by atoms with Crippen LogP contribution in [0.5, 0.6) is 0 Å². The summed E-state index contributed by atoms with van der Waals surface area (Å²) in [6.07, 6.45) is 4.40. The van der Waals surface area contributed by atoms with E-state index in [1.54, 1.807) is 24.5 Å². The van der Waals surface area contributed by atoms with Crippen molar-refractivity contribution in [2.24, 2.45) is 0 Å². The molecule has 0 aliphatic carbocycles. The van der Waals surface area contributed by atoms with Crippen molar-refractivity contribution in [1.29, 1.82) is 0 Å². The normalized spacial score (nSPS) is 12.0. The fourth-order valence-corrected chi connectivity index (χ4v) is 3.74. The Morgan fingerprint density at radius 3 is 2.71 bits per heavy atom. The maximum Gasteiger partial charge on any atom is 0.237 e. The van der Waals surface area contributed by atoms with Gasteiger partial charge in [-0.2, -0.15) is 0 Å². The molecule has 0 fully saturated rings. The van der Waals surface area contributed by atoms with Crippen LogP contribution in [-0.4, -0.2) is 30.9 Å². The molecule has 1 amide bonds. The first-order chi connectivity index (χ1) is 13.5. The zero-order valence-electron chi connectivity index (χ0n) is 16.0. The second kappa shape index (κ2) is 9.21. The molecular formula is C20H22ClN5OS. The van der Waals surface area contributed by atoms with Gasteiger partial charge in [0.25, 0.3) is 0 Å². The van der Waals surface area contributed by atoms with Crippen molar-refractivity contribution in [2.75, 3.05) is 5.32 Å². The van der Waals surface area contributed by atoms with Gasteiger partial charge < -0.3 is 9.88 Å². The molecule has 0 radical (unpaired) electrons. The minimum absolute atomic E-state index is 0.105. The van der Waals surface area contributed by atoms with Crippen LogP contribution in [0.4, 0.5) is 5.69 Å². The number of pyridine rings is 1. The Balaban J connectivity index is 1.78. The van der Waals surface area contributed by atoms with Crippen molar-refractivity contribution in [2.45, 2.75) is 44.1 Å². The van der Waals surface area contributed by atoms with Gasteiger partial charge in [0.1, 0.15) is 0 Å². The molecule has 2 heterocycles. The third-order valence-electron chi connectivity index (χ3n) is 4.21. The highest BCUT2D eigenvalue weighted by molar-refractivity contribution is 8.00. The summed E-state index contributed by atoms with van der Waals surface area (Å²) in [6, 6.07) is 9.26. The van der Waals surface area contributed by atoms with Crippen LogP contribution in [0.15, 0.2) is 47.9 Å². The van der Waals surface area contributed by atoms with E-state index < -0.39 is 0 Å². The highest BCUT2D eigenvalue weighted by Gasteiger charge is 2.21. The third kappa shape index (κ3) is 4.72. The van der Waals surface area contributed by atoms with Crippen molar-refractivity contribution in [3.05, 3.63) is 53.3 Å². The van der Waals surface area contributed by atoms with E-state index in [0.29, 0.717) is 5.02 Å². The van der Waals surface area contributed by atoms with E-state index >= 15 is 0 Å². The first-order valence-corrected chi connectivity index (χ1v) is 10.3. The van der Waals surface area contributed by atoms with Gasteiger partial charge >= 0.3 is 0 Å². The number of carbonyl (C=O) groups excluding carboxylic acids is 1. The van der Waals surface area contributed by atoms with Crippen LogP contribution in [0.25, 0.3) is 11.4 Å². The van der Waals surface area contributed by atoms with Gasteiger partial charge in [0.2, 0.25) is 5.91 Å². The largest absolute Gasteiger partial charge is 0.325 e. The van der Waals surface area contributed by atoms with Crippen LogP contribution in [0, 0.1) is 6.92 Å². The smallest absolute Gasteiger partial charge is 0.237 e. The van der Waals surface area contributed by atoms with Gasteiger partial charge in [-0.25, -0.2) is 0 Å². The number of hydrogen-bond donors (Lipinski definition) is 1. The van der Waals surface area contributed by atoms with E-state index in [4.69, 9.17) is 11.6 Å². The van der Waals surface area contributed by atoms with Gasteiger partial charge in [-0.15, -0.1) is 10.2 Å². The lowest BCUT2D eigenvalue weighted by molar-refractivity contribution is -0.115. The Hall–Kier alpha value is -2.38. The van der Waals surface area contributed by atoms with Crippen LogP contribution in [0.2, 0.25) is 5.02 Å². The molecule has 0 saturated carbocycles. The minimum Gasteiger partial charge on any atom is -0.325 e. The molecule has 3 rings (SSSR count). The maximum atomic E-state index is 12.7. The van der Waals surface area contributed by atoms with Gasteiger partial charge in [0.15, 0.2) is 11.0 Å². The molecule has 8 heteroatoms. The van der Waals surface area contributed by atoms with E-state index in [1.807, 2.05) is 32.0 Å². The molecule has 1 N–H and O–H groups in total. The predicted molar refractivity (Wildman–Crippen MR) is 114 cm³/mol. The van der Waals surface area contributed by atoms with Crippen molar-refractivity contribution in [1.82, 2.24) is 19.7 Å². The molecule has 0 aliphatic heterocycles. The Morgan fingerprint density at radius 1 is 1.25 bits per heavy atom. The fraction of sp³-hybridized carbons (Fsp3) is 0.300. The van der Waals surface area contributed by atoms with Gasteiger partial charge in [0.05, 0.1) is 5.25 Å². The van der Waals surface area contributed by atoms with E-state index in [2.05, 4.69) is 32.0 Å². The summed E-state index contributed by atoms with van der Waals surface area (Å²) in [6.45, 7) is 6.66. The van der Waals surface area contributed by atoms with Gasteiger partial charge in [-0.05, 0) is 50.1 Å². The number of aromatic nitrogens is 4. The summed E-state index contributed by atoms with van der Waals surface area (Å²) >= 11 is 7.44. The van der Waals surface area contributed by atoms with Crippen LogP contribution in [0.3, 0.4) is 0 Å². The second-order valence-electron chi connectivity index (χ2n) is 6.40. The number of thioether (sulfide) groups is 1. The maximum absolute atomic E-state index is 12.7. The number of nitrogens with one attached hydrogen (secondary N) is 1. The number of amides is 1. The first kappa shape index (κ1) is 20.4. The van der Waals surface area contributed by atoms with Gasteiger partial charge in [-0.3, -0.25) is 9.78 Å². The van der Waals surface area contributed by atoms with Crippen LogP contribution in [-0.2, 0) is 11.3 Å². The average Bonchev–Trinajstić information content (AvgIpc) is 3.08. The molecule has 6 nitrogen and oxygen atoms in total. The minimum atomic E-state index is -0.344. The Kier molecular flexibility index (Phi) is 6.70. The summed E-state index contributed by atoms with van der Waals surface area (Å²) in [5.74, 6) is 0.678. The van der Waals surface area contributed by atoms with Crippen LogP contribution in [0.1, 0.15) is 25.8 Å². The molecule has 0 unspecified atom stereocenters. The molecule has 3 aromatic rings. The molecular weight excluding hydrogens is 394 g/mol. The number of halogens is 1. The Bertz CT molecular complexity index is 960. The standard InChI is InChI=1S/C20H22ClN5OS/c1-4-11-26-18(15-7-9-22-10-8-15)24-25-20(26)28-14(3)19(27)23-17-12-16(21)6-5-13(17)2/h5-10,12,14H,4,11H2,1-3H3,(H,23,27)/t14-/m1/s1. The Morgan fingerprint density at radius 2 is 2.00 bits per heavy atom. The fourth-order valence-electron chi connectivity index (χ4n) is 2.69. The number of anilines is 1. The summed E-state index contributed by atoms with van der Waals surface area (Å²) in [4.78, 5) is 16.7. The van der Waals surface area contributed by atoms with Gasteiger partial charge in [-0.1, -0.05) is 36.4 Å². The number of rotatable bonds is 7. The summed E-state index contributed by atoms with van der Waals surface area (Å²) < 4.78 is 2.05. The zero-order valence-corrected chi connectivity index (χ0v) is 17.6. The molecule has 0 bridgehead atoms. The van der Waals surface area contributed by atoms with E-state index in [1.165, 1.54) is 11.8 Å². The lowest BCUT2D eigenvalue weighted by atomic mass is 10.2. The first-order valence-electron chi connectivity index (χ1n) is 9.07. The lowest BCUT2D eigenvalue weighted by Gasteiger charge is -2.14. The van der Waals surface area contributed by atoms with Crippen molar-refractivity contribution in [3.8, 4) is 11.4 Å². The Labute approximate surface area is 173 Å². The highest BCUT2D eigenvalue weighted by atomic mass is 35.5. The summed E-state index contributed by atoms with van der Waals surface area (Å²) in [5.41, 5.74) is 2.64. The van der Waals surface area contributed by atoms with Gasteiger partial charge in [0, 0.05) is 35.2 Å². The summed E-state index contributed by atoms with van der Waals surface area (Å²) in [7, 11) is 0. The monoisotopic (exact) mass is 415 g/mol. The van der Waals surface area contributed by atoms with Crippen molar-refractivity contribution < 1.29 is 4.79 Å². The molecule has 2 aromatic heterocycles. The van der Waals surface area contributed by atoms with E-state index in [-0.39, 0.29) is 11.2 Å². The number of aryl methyl sites for hydroxylation is 1. The second-order valence-corrected chi connectivity index (χ2v) is 8.15. The molecule has 0 saturated heterocycles. The van der Waals surface area contributed by atoms with Crippen molar-refractivity contribution in [3.63, 3.8) is 0 Å². The van der Waals surface area contributed by atoms with Crippen molar-refractivity contribution >= 4 is 35.0 Å². The highest BCUT2D eigenvalue weighted by Crippen LogP contribution is 2.28. The molecule has 0 spiro atoms. The number of carbonyl (C=O) groups is 1. The average molecular weight is 416 g/mol. The van der Waals surface area contributed by atoms with E-state index in [9.17, 15) is 4.79 Å². The zero-order chi connectivity index (χ0) is 20.1. The third-order valence-corrected chi connectivity index (χ3v) is 5.53. The predicted octanol–water partition coefficient (Wildman–Crippen LogP) is 4.83. The summed E-state index contributed by atoms with van der Waals surface area (Å²) in [5, 5.41) is 12.6. The lowest BCUT2D eigenvalue weighted by Crippen LogP contribution is -2.23. The molecule has 1 aromatic carbocycles. The number of nitrogens with zero attached hydrogens (tertiary/aromatic N) is 4. The number of hydrogen-bond acceptors (Lipinski definition) is 5. The molecule has 146 valence electrons. The SMILES string of the molecule is CCCn1c(S[C@H](C)C(=O)Nc2cc(Cl)ccc2C)nnc1-c1ccncc1. The molecule has 28 heavy (non-hydrogen) atoms. The topological polar surface area (TPSA) is 72.7 Å².